The van der Waals surface area contributed by atoms with Gasteiger partial charge in [0.2, 0.25) is 0 Å². The minimum absolute atomic E-state index is 0.253. The van der Waals surface area contributed by atoms with Crippen molar-refractivity contribution in [2.24, 2.45) is 0 Å². The average Bonchev–Trinajstić information content (AvgIpc) is 1.85. The minimum atomic E-state index is -0.253. The fraction of sp³-hybridized carbons (Fsp3) is 0.250. The van der Waals surface area contributed by atoms with Gasteiger partial charge in [-0.25, -0.2) is 4.39 Å². The van der Waals surface area contributed by atoms with Crippen LogP contribution in [0.1, 0.15) is 12.5 Å². The molecule has 0 heterocycles. The summed E-state index contributed by atoms with van der Waals surface area (Å²) in [6, 6.07) is 4.60. The van der Waals surface area contributed by atoms with Crippen LogP contribution in [0.3, 0.4) is 0 Å². The molecule has 0 N–H and O–H groups in total. The van der Waals surface area contributed by atoms with Crippen LogP contribution < -0.4 is 5.46 Å². The third-order valence-corrected chi connectivity index (χ3v) is 1.39. The summed E-state index contributed by atoms with van der Waals surface area (Å²) >= 11 is 0. The van der Waals surface area contributed by atoms with E-state index in [1.807, 2.05) is 6.92 Å². The lowest BCUT2D eigenvalue weighted by Gasteiger charge is -1.98. The van der Waals surface area contributed by atoms with Crippen molar-refractivity contribution in [3.8, 4) is 0 Å². The molecule has 0 spiro atoms. The Morgan fingerprint density at radius 1 is 1.40 bits per heavy atom. The van der Waals surface area contributed by atoms with E-state index in [-0.39, 0.29) is 5.82 Å². The summed E-state index contributed by atoms with van der Waals surface area (Å²) in [5, 5.41) is 0. The van der Waals surface area contributed by atoms with E-state index in [0.717, 1.165) is 12.0 Å². The molecule has 0 aliphatic carbocycles. The largest absolute Gasteiger partial charge is 0.207 e. The Kier molecular flexibility index (Phi) is 2.10. The summed E-state index contributed by atoms with van der Waals surface area (Å²) in [5.74, 6) is -0.253. The summed E-state index contributed by atoms with van der Waals surface area (Å²) in [5.41, 5.74) is 1.44. The molecule has 0 nitrogen and oxygen atoms in total. The number of halogens is 1. The number of benzene rings is 1. The van der Waals surface area contributed by atoms with Crippen molar-refractivity contribution in [2.75, 3.05) is 0 Å². The van der Waals surface area contributed by atoms with Crippen molar-refractivity contribution in [3.63, 3.8) is 0 Å². The molecule has 1 aromatic rings. The smallest absolute Gasteiger partial charge is 0.122 e. The highest BCUT2D eigenvalue weighted by atomic mass is 19.1. The monoisotopic (exact) mass is 134 g/mol. The van der Waals surface area contributed by atoms with Crippen LogP contribution in [0.15, 0.2) is 18.2 Å². The van der Waals surface area contributed by atoms with E-state index < -0.39 is 0 Å². The Hall–Kier alpha value is -0.785. The van der Waals surface area contributed by atoms with Crippen molar-refractivity contribution in [3.05, 3.63) is 29.6 Å². The molecule has 1 rings (SSSR count). The van der Waals surface area contributed by atoms with Crippen LogP contribution in [0.25, 0.3) is 0 Å². The van der Waals surface area contributed by atoms with Crippen LogP contribution in [-0.4, -0.2) is 7.85 Å². The first-order chi connectivity index (χ1) is 4.72. The third kappa shape index (κ3) is 1.60. The number of aryl methyl sites for hydroxylation is 1. The van der Waals surface area contributed by atoms with E-state index in [9.17, 15) is 4.39 Å². The van der Waals surface area contributed by atoms with Gasteiger partial charge < -0.3 is 0 Å². The van der Waals surface area contributed by atoms with Crippen LogP contribution in [0.5, 0.6) is 0 Å². The molecule has 50 valence electrons. The van der Waals surface area contributed by atoms with Crippen molar-refractivity contribution in [1.29, 1.82) is 0 Å². The maximum Gasteiger partial charge on any atom is 0.122 e. The Bertz CT molecular complexity index is 212. The van der Waals surface area contributed by atoms with Gasteiger partial charge in [0.1, 0.15) is 13.7 Å². The molecule has 10 heavy (non-hydrogen) atoms. The summed E-state index contributed by atoms with van der Waals surface area (Å²) in [6.45, 7) is 1.97. The summed E-state index contributed by atoms with van der Waals surface area (Å²) in [7, 11) is 5.40. The lowest BCUT2D eigenvalue weighted by Crippen LogP contribution is -2.03. The van der Waals surface area contributed by atoms with Crippen LogP contribution in [-0.2, 0) is 6.42 Å². The van der Waals surface area contributed by atoms with E-state index in [1.165, 1.54) is 12.1 Å². The molecular formula is C8H8BF. The summed E-state index contributed by atoms with van der Waals surface area (Å²) in [4.78, 5) is 0. The molecule has 2 radical (unpaired) electrons. The predicted octanol–water partition coefficient (Wildman–Crippen LogP) is 1.18. The Morgan fingerprint density at radius 2 is 2.10 bits per heavy atom. The second-order valence-corrected chi connectivity index (χ2v) is 2.25. The zero-order chi connectivity index (χ0) is 7.56. The van der Waals surface area contributed by atoms with Crippen LogP contribution in [0.2, 0.25) is 0 Å². The maximum absolute atomic E-state index is 12.5. The fourth-order valence-electron chi connectivity index (χ4n) is 0.880. The topological polar surface area (TPSA) is 0 Å². The molecule has 0 aromatic heterocycles. The second-order valence-electron chi connectivity index (χ2n) is 2.25. The van der Waals surface area contributed by atoms with Gasteiger partial charge in [-0.1, -0.05) is 18.5 Å². The first-order valence-electron chi connectivity index (χ1n) is 3.27. The summed E-state index contributed by atoms with van der Waals surface area (Å²) < 4.78 is 12.5. The molecular weight excluding hydrogens is 126 g/mol. The van der Waals surface area contributed by atoms with E-state index in [4.69, 9.17) is 7.85 Å². The van der Waals surface area contributed by atoms with Gasteiger partial charge in [-0.15, -0.1) is 0 Å². The SMILES string of the molecule is [B]c1cc(F)cc(CC)c1. The number of hydrogen-bond acceptors (Lipinski definition) is 0. The van der Waals surface area contributed by atoms with Gasteiger partial charge in [-0.05, 0) is 24.1 Å². The molecule has 0 unspecified atom stereocenters. The second kappa shape index (κ2) is 2.87. The normalized spacial score (nSPS) is 9.80. The molecule has 0 amide bonds. The predicted molar refractivity (Wildman–Crippen MR) is 41.2 cm³/mol. The lowest BCUT2D eigenvalue weighted by atomic mass is 9.94. The fourth-order valence-corrected chi connectivity index (χ4v) is 0.880. The highest BCUT2D eigenvalue weighted by Crippen LogP contribution is 2.00. The Labute approximate surface area is 61.5 Å². The van der Waals surface area contributed by atoms with Crippen molar-refractivity contribution in [2.45, 2.75) is 13.3 Å². The molecule has 0 bridgehead atoms. The first kappa shape index (κ1) is 7.32. The van der Waals surface area contributed by atoms with Gasteiger partial charge in [0.25, 0.3) is 0 Å². The van der Waals surface area contributed by atoms with Crippen molar-refractivity contribution in [1.82, 2.24) is 0 Å². The summed E-state index contributed by atoms with van der Waals surface area (Å²) in [6.07, 6.45) is 0.821. The van der Waals surface area contributed by atoms with Crippen molar-refractivity contribution < 1.29 is 4.39 Å². The van der Waals surface area contributed by atoms with Crippen LogP contribution in [0.4, 0.5) is 4.39 Å². The highest BCUT2D eigenvalue weighted by Gasteiger charge is 1.93. The van der Waals surface area contributed by atoms with Gasteiger partial charge in [0, 0.05) is 0 Å². The molecule has 1 aromatic carbocycles. The molecule has 0 fully saturated rings. The quantitative estimate of drug-likeness (QED) is 0.506. The van der Waals surface area contributed by atoms with Crippen molar-refractivity contribution >= 4 is 13.3 Å². The van der Waals surface area contributed by atoms with Gasteiger partial charge in [0.05, 0.1) is 0 Å². The lowest BCUT2D eigenvalue weighted by molar-refractivity contribution is 0.627. The standard InChI is InChI=1S/C8H8BF/c1-2-6-3-7(9)5-8(10)4-6/h3-5H,2H2,1H3. The van der Waals surface area contributed by atoms with E-state index in [2.05, 4.69) is 0 Å². The van der Waals surface area contributed by atoms with E-state index >= 15 is 0 Å². The van der Waals surface area contributed by atoms with E-state index in [1.54, 1.807) is 6.07 Å². The number of hydrogen-bond donors (Lipinski definition) is 0. The van der Waals surface area contributed by atoms with Gasteiger partial charge in [0.15, 0.2) is 0 Å². The Balaban J connectivity index is 3.06. The zero-order valence-electron chi connectivity index (χ0n) is 5.89. The third-order valence-electron chi connectivity index (χ3n) is 1.39. The molecule has 2 heteroatoms. The zero-order valence-corrected chi connectivity index (χ0v) is 5.89. The average molecular weight is 134 g/mol. The number of rotatable bonds is 1. The molecule has 0 saturated carbocycles. The molecule has 0 atom stereocenters. The first-order valence-corrected chi connectivity index (χ1v) is 3.27. The van der Waals surface area contributed by atoms with E-state index in [0.29, 0.717) is 5.46 Å². The van der Waals surface area contributed by atoms with Crippen LogP contribution >= 0.6 is 0 Å². The minimum Gasteiger partial charge on any atom is -0.207 e. The van der Waals surface area contributed by atoms with Gasteiger partial charge in [-0.3, -0.25) is 0 Å². The van der Waals surface area contributed by atoms with Crippen LogP contribution in [0, 0.1) is 5.82 Å². The molecule has 0 saturated heterocycles. The van der Waals surface area contributed by atoms with Gasteiger partial charge >= 0.3 is 0 Å². The highest BCUT2D eigenvalue weighted by molar-refractivity contribution is 6.32. The van der Waals surface area contributed by atoms with Gasteiger partial charge in [-0.2, -0.15) is 0 Å². The molecule has 0 aliphatic rings. The maximum atomic E-state index is 12.5. The Morgan fingerprint density at radius 3 is 2.60 bits per heavy atom. The molecule has 0 aliphatic heterocycles.